The zero-order valence-corrected chi connectivity index (χ0v) is 11.9. The molecule has 2 atom stereocenters. The van der Waals surface area contributed by atoms with E-state index in [0.29, 0.717) is 0 Å². The molecule has 0 saturated carbocycles. The van der Waals surface area contributed by atoms with Gasteiger partial charge in [-0.1, -0.05) is 48.0 Å². The number of hydrogen-bond acceptors (Lipinski definition) is 2. The fourth-order valence-electron chi connectivity index (χ4n) is 3.94. The molecule has 2 aliphatic rings. The van der Waals surface area contributed by atoms with Gasteiger partial charge in [-0.15, -0.1) is 0 Å². The Labute approximate surface area is 119 Å². The van der Waals surface area contributed by atoms with Crippen LogP contribution in [-0.2, 0) is 10.2 Å². The van der Waals surface area contributed by atoms with Crippen molar-refractivity contribution in [3.8, 4) is 0 Å². The highest BCUT2D eigenvalue weighted by Crippen LogP contribution is 2.57. The molecule has 2 aromatic carbocycles. The van der Waals surface area contributed by atoms with Crippen LogP contribution in [0.1, 0.15) is 30.0 Å². The summed E-state index contributed by atoms with van der Waals surface area (Å²) in [6.07, 6.45) is 1.02. The first-order valence-electron chi connectivity index (χ1n) is 7.25. The van der Waals surface area contributed by atoms with Gasteiger partial charge in [-0.25, -0.2) is 0 Å². The Morgan fingerprint density at radius 3 is 2.60 bits per heavy atom. The van der Waals surface area contributed by atoms with Crippen LogP contribution in [0, 0.1) is 6.92 Å². The van der Waals surface area contributed by atoms with E-state index in [4.69, 9.17) is 4.74 Å². The first-order chi connectivity index (χ1) is 9.66. The fourth-order valence-corrected chi connectivity index (χ4v) is 3.94. The van der Waals surface area contributed by atoms with Crippen LogP contribution in [0.4, 0.5) is 5.69 Å². The fraction of sp³-hybridized carbons (Fsp3) is 0.333. The lowest BCUT2D eigenvalue weighted by Crippen LogP contribution is -2.47. The second-order valence-corrected chi connectivity index (χ2v) is 6.07. The van der Waals surface area contributed by atoms with E-state index in [-0.39, 0.29) is 11.1 Å². The van der Waals surface area contributed by atoms with Crippen molar-refractivity contribution in [3.63, 3.8) is 0 Å². The minimum atomic E-state index is -0.341. The van der Waals surface area contributed by atoms with E-state index < -0.39 is 0 Å². The lowest BCUT2D eigenvalue weighted by molar-refractivity contribution is 0.0234. The highest BCUT2D eigenvalue weighted by atomic mass is 16.5. The molecule has 0 amide bonds. The quantitative estimate of drug-likeness (QED) is 0.845. The number of rotatable bonds is 1. The number of anilines is 1. The van der Waals surface area contributed by atoms with Gasteiger partial charge in [0.25, 0.3) is 0 Å². The van der Waals surface area contributed by atoms with E-state index in [2.05, 4.69) is 67.7 Å². The van der Waals surface area contributed by atoms with E-state index in [9.17, 15) is 0 Å². The van der Waals surface area contributed by atoms with Gasteiger partial charge in [0, 0.05) is 5.69 Å². The molecule has 1 N–H and O–H groups in total. The molecule has 0 aromatic heterocycles. The third kappa shape index (κ3) is 1.32. The molecule has 0 spiro atoms. The Kier molecular flexibility index (Phi) is 2.31. The largest absolute Gasteiger partial charge is 0.357 e. The smallest absolute Gasteiger partial charge is 0.149 e. The molecule has 2 nitrogen and oxygen atoms in total. The van der Waals surface area contributed by atoms with Gasteiger partial charge in [0.15, 0.2) is 0 Å². The number of nitrogens with one attached hydrogen (secondary N) is 1. The van der Waals surface area contributed by atoms with Gasteiger partial charge in [0.2, 0.25) is 0 Å². The van der Waals surface area contributed by atoms with Crippen LogP contribution < -0.4 is 5.32 Å². The van der Waals surface area contributed by atoms with Crippen LogP contribution in [0.15, 0.2) is 48.5 Å². The molecule has 1 saturated heterocycles. The Balaban J connectivity index is 1.99. The predicted octanol–water partition coefficient (Wildman–Crippen LogP) is 3.84. The van der Waals surface area contributed by atoms with Gasteiger partial charge in [-0.3, -0.25) is 0 Å². The molecule has 102 valence electrons. The second-order valence-electron chi connectivity index (χ2n) is 6.07. The van der Waals surface area contributed by atoms with Gasteiger partial charge in [0.05, 0.1) is 12.0 Å². The van der Waals surface area contributed by atoms with Crippen LogP contribution in [0.2, 0.25) is 0 Å². The van der Waals surface area contributed by atoms with Crippen LogP contribution in [0.3, 0.4) is 0 Å². The molecule has 2 aliphatic heterocycles. The summed E-state index contributed by atoms with van der Waals surface area (Å²) in [7, 11) is 0. The summed E-state index contributed by atoms with van der Waals surface area (Å²) in [5.74, 6) is 0. The molecular weight excluding hydrogens is 246 g/mol. The van der Waals surface area contributed by atoms with Crippen molar-refractivity contribution in [2.24, 2.45) is 0 Å². The third-order valence-electron chi connectivity index (χ3n) is 4.99. The van der Waals surface area contributed by atoms with E-state index in [1.165, 1.54) is 22.4 Å². The molecule has 0 unspecified atom stereocenters. The van der Waals surface area contributed by atoms with Crippen molar-refractivity contribution < 1.29 is 4.74 Å². The van der Waals surface area contributed by atoms with Crippen LogP contribution in [0.25, 0.3) is 0 Å². The van der Waals surface area contributed by atoms with Crippen molar-refractivity contribution in [2.45, 2.75) is 31.4 Å². The third-order valence-corrected chi connectivity index (χ3v) is 4.99. The van der Waals surface area contributed by atoms with Crippen LogP contribution >= 0.6 is 0 Å². The number of ether oxygens (including phenoxy) is 1. The average molecular weight is 265 g/mol. The molecule has 2 aromatic rings. The minimum Gasteiger partial charge on any atom is -0.357 e. The van der Waals surface area contributed by atoms with Crippen molar-refractivity contribution in [3.05, 3.63) is 65.2 Å². The summed E-state index contributed by atoms with van der Waals surface area (Å²) in [5, 5.41) is 3.60. The van der Waals surface area contributed by atoms with E-state index >= 15 is 0 Å². The molecule has 20 heavy (non-hydrogen) atoms. The number of fused-ring (bicyclic) bond motifs is 3. The van der Waals surface area contributed by atoms with Crippen molar-refractivity contribution in [2.75, 3.05) is 11.9 Å². The number of para-hydroxylation sites is 1. The van der Waals surface area contributed by atoms with Crippen molar-refractivity contribution in [1.82, 2.24) is 0 Å². The number of hydrogen-bond donors (Lipinski definition) is 1. The topological polar surface area (TPSA) is 21.3 Å². The molecule has 1 fully saturated rings. The molecule has 2 heterocycles. The van der Waals surface area contributed by atoms with E-state index in [1.807, 2.05) is 0 Å². The summed E-state index contributed by atoms with van der Waals surface area (Å²) in [6.45, 7) is 5.11. The van der Waals surface area contributed by atoms with Gasteiger partial charge in [-0.2, -0.15) is 0 Å². The Hall–Kier alpha value is -1.80. The highest BCUT2D eigenvalue weighted by Gasteiger charge is 2.60. The number of aryl methyl sites for hydroxylation is 1. The maximum atomic E-state index is 6.12. The van der Waals surface area contributed by atoms with E-state index in [0.717, 1.165) is 13.0 Å². The maximum Gasteiger partial charge on any atom is 0.149 e. The van der Waals surface area contributed by atoms with Gasteiger partial charge >= 0.3 is 0 Å². The summed E-state index contributed by atoms with van der Waals surface area (Å²) in [5.41, 5.74) is 4.80. The Morgan fingerprint density at radius 1 is 1.05 bits per heavy atom. The lowest BCUT2D eigenvalue weighted by atomic mass is 9.69. The normalized spacial score (nSPS) is 30.7. The molecule has 0 bridgehead atoms. The van der Waals surface area contributed by atoms with Crippen LogP contribution in [0.5, 0.6) is 0 Å². The lowest BCUT2D eigenvalue weighted by Gasteiger charge is -2.37. The first-order valence-corrected chi connectivity index (χ1v) is 7.25. The van der Waals surface area contributed by atoms with Gasteiger partial charge < -0.3 is 10.1 Å². The van der Waals surface area contributed by atoms with Crippen molar-refractivity contribution in [1.29, 1.82) is 0 Å². The van der Waals surface area contributed by atoms with E-state index in [1.54, 1.807) is 0 Å². The molecule has 0 radical (unpaired) electrons. The maximum absolute atomic E-state index is 6.12. The Bertz CT molecular complexity index is 663. The molecule has 4 rings (SSSR count). The highest BCUT2D eigenvalue weighted by molar-refractivity contribution is 5.68. The summed E-state index contributed by atoms with van der Waals surface area (Å²) < 4.78 is 6.12. The zero-order chi connectivity index (χ0) is 13.8. The zero-order valence-electron chi connectivity index (χ0n) is 11.9. The molecule has 2 heteroatoms. The van der Waals surface area contributed by atoms with Crippen molar-refractivity contribution >= 4 is 5.69 Å². The minimum absolute atomic E-state index is 0.0721. The van der Waals surface area contributed by atoms with Crippen LogP contribution in [-0.4, -0.2) is 12.3 Å². The molecular formula is C18H19NO. The summed E-state index contributed by atoms with van der Waals surface area (Å²) in [6, 6.07) is 17.5. The Morgan fingerprint density at radius 2 is 1.80 bits per heavy atom. The standard InChI is InChI=1S/C18H19NO/c1-13-7-9-14(10-8-13)18-11-12-20-17(18,2)19-16-6-4-3-5-15(16)18/h3-10,19H,11-12H2,1-2H3/t17-,18+/m0/s1. The SMILES string of the molecule is Cc1ccc([C@@]23CCO[C@]2(C)Nc2ccccc23)cc1. The summed E-state index contributed by atoms with van der Waals surface area (Å²) in [4.78, 5) is 0. The molecule has 0 aliphatic carbocycles. The first kappa shape index (κ1) is 12.0. The number of benzene rings is 2. The summed E-state index contributed by atoms with van der Waals surface area (Å²) >= 11 is 0. The predicted molar refractivity (Wildman–Crippen MR) is 81.0 cm³/mol. The monoisotopic (exact) mass is 265 g/mol. The van der Waals surface area contributed by atoms with Gasteiger partial charge in [0.1, 0.15) is 5.72 Å². The average Bonchev–Trinajstić information content (AvgIpc) is 2.89. The van der Waals surface area contributed by atoms with Gasteiger partial charge in [-0.05, 0) is 37.5 Å². The second kappa shape index (κ2) is 3.86.